The first kappa shape index (κ1) is 46.1. The average Bonchev–Trinajstić information content (AvgIpc) is 1.52. The van der Waals surface area contributed by atoms with Gasteiger partial charge in [0.05, 0.1) is 4.11 Å². The second kappa shape index (κ2) is 20.5. The van der Waals surface area contributed by atoms with E-state index in [1.807, 2.05) is 85.5 Å². The van der Waals surface area contributed by atoms with Gasteiger partial charge in [-0.25, -0.2) is 4.98 Å². The molecular formula is C75H61N4OPtSi-3. The van der Waals surface area contributed by atoms with Crippen molar-refractivity contribution < 1.29 is 34.0 Å². The maximum Gasteiger partial charge on any atom is 0.156 e. The Labute approximate surface area is 505 Å². The first-order valence-electron chi connectivity index (χ1n) is 30.6. The Morgan fingerprint density at radius 2 is 1.21 bits per heavy atom. The van der Waals surface area contributed by atoms with Crippen molar-refractivity contribution in [2.24, 2.45) is 0 Å². The van der Waals surface area contributed by atoms with Crippen molar-refractivity contribution in [2.75, 3.05) is 9.80 Å². The molecule has 82 heavy (non-hydrogen) atoms. The van der Waals surface area contributed by atoms with Gasteiger partial charge < -0.3 is 19.1 Å². The van der Waals surface area contributed by atoms with Crippen LogP contribution in [0.3, 0.4) is 0 Å². The zero-order valence-electron chi connectivity index (χ0n) is 52.4. The van der Waals surface area contributed by atoms with Crippen LogP contribution >= 0.6 is 0 Å². The van der Waals surface area contributed by atoms with Crippen molar-refractivity contribution in [3.63, 3.8) is 0 Å². The van der Waals surface area contributed by atoms with Gasteiger partial charge in [0.1, 0.15) is 5.82 Å². The van der Waals surface area contributed by atoms with Gasteiger partial charge in [-0.05, 0) is 91.6 Å². The van der Waals surface area contributed by atoms with E-state index in [0.717, 1.165) is 66.2 Å². The number of anilines is 4. The monoisotopic (exact) mass is 1260 g/mol. The van der Waals surface area contributed by atoms with Gasteiger partial charge in [0.25, 0.3) is 0 Å². The van der Waals surface area contributed by atoms with Crippen molar-refractivity contribution in [1.82, 2.24) is 9.55 Å². The number of fused-ring (bicyclic) bond motifs is 8. The number of hydrogen-bond donors (Lipinski definition) is 0. The maximum atomic E-state index is 9.72. The molecule has 4 heterocycles. The molecule has 7 heteroatoms. The van der Waals surface area contributed by atoms with Gasteiger partial charge in [-0.1, -0.05) is 245 Å². The Hall–Kier alpha value is -8.54. The second-order valence-electron chi connectivity index (χ2n) is 23.2. The molecule has 0 unspecified atom stereocenters. The van der Waals surface area contributed by atoms with E-state index in [2.05, 4.69) is 189 Å². The molecule has 0 fully saturated rings. The molecule has 2 aliphatic rings. The van der Waals surface area contributed by atoms with Crippen molar-refractivity contribution in [2.45, 2.75) is 59.2 Å². The summed E-state index contributed by atoms with van der Waals surface area (Å²) in [6, 6.07) is 79.7. The van der Waals surface area contributed by atoms with E-state index in [9.17, 15) is 4.11 Å². The minimum absolute atomic E-state index is 0. The van der Waals surface area contributed by atoms with Gasteiger partial charge in [-0.15, -0.1) is 47.2 Å². The van der Waals surface area contributed by atoms with Gasteiger partial charge in [-0.2, -0.15) is 6.07 Å². The van der Waals surface area contributed by atoms with Crippen LogP contribution in [0.4, 0.5) is 22.7 Å². The first-order chi connectivity index (χ1) is 41.8. The quantitative estimate of drug-likeness (QED) is 0.107. The van der Waals surface area contributed by atoms with Crippen molar-refractivity contribution >= 4 is 73.4 Å². The smallest absolute Gasteiger partial charge is 0.156 e. The van der Waals surface area contributed by atoms with Crippen LogP contribution in [-0.4, -0.2) is 17.6 Å². The zero-order chi connectivity index (χ0) is 60.3. The fourth-order valence-corrected chi connectivity index (χ4v) is 17.8. The van der Waals surface area contributed by atoms with Gasteiger partial charge in [-0.3, -0.25) is 0 Å². The Balaban J connectivity index is 0.00000714. The number of pyridine rings is 1. The summed E-state index contributed by atoms with van der Waals surface area (Å²) in [6.07, 6.45) is 1.58. The number of nitrogens with zero attached hydrogens (tertiary/aromatic N) is 4. The molecular weight excluding hydrogens is 1200 g/mol. The Morgan fingerprint density at radius 1 is 0.585 bits per heavy atom. The van der Waals surface area contributed by atoms with Gasteiger partial charge in [0, 0.05) is 76.6 Å². The molecule has 0 spiro atoms. The summed E-state index contributed by atoms with van der Waals surface area (Å²) in [5.74, 6) is 1.36. The topological polar surface area (TPSA) is 33.5 Å². The van der Waals surface area contributed by atoms with E-state index in [-0.39, 0.29) is 55.6 Å². The third-order valence-corrected chi connectivity index (χ3v) is 21.1. The van der Waals surface area contributed by atoms with Gasteiger partial charge in [0.15, 0.2) is 8.07 Å². The Kier molecular flexibility index (Phi) is 11.5. The molecule has 10 aromatic carbocycles. The molecule has 0 radical (unpaired) electrons. The summed E-state index contributed by atoms with van der Waals surface area (Å²) in [5, 5.41) is 6.75. The van der Waals surface area contributed by atoms with Crippen LogP contribution < -0.4 is 35.3 Å². The van der Waals surface area contributed by atoms with E-state index in [0.29, 0.717) is 45.3 Å². The number of benzene rings is 10. The number of aromatic nitrogens is 2. The van der Waals surface area contributed by atoms with Gasteiger partial charge in [0.2, 0.25) is 0 Å². The Bertz CT molecular complexity index is 4670. The minimum atomic E-state index is -3.33. The number of ether oxygens (including phenoxy) is 1. The normalized spacial score (nSPS) is 14.7. The molecule has 0 amide bonds. The summed E-state index contributed by atoms with van der Waals surface area (Å²) < 4.78 is 63.9. The van der Waals surface area contributed by atoms with Gasteiger partial charge >= 0.3 is 0 Å². The summed E-state index contributed by atoms with van der Waals surface area (Å²) in [6.45, 7) is 12.8. The van der Waals surface area contributed by atoms with Crippen molar-refractivity contribution in [3.8, 4) is 50.7 Å². The fraction of sp³-hybridized carbons (Fsp3) is 0.120. The molecule has 404 valence electrons. The standard InChI is InChI=1S/C75H61N4OSi.Pt/c1-50-42-43-76-69(44-50)79-63-41-40-54(75(5,6)7)46-62(63)70-66(79)48-67(71-61-34-17-20-39-68(61)81(73(70)71,57-30-13-9-14-31-57)58-32-15-10-16-33-58)80-56-29-22-28-55(47-56)77-49-78(65-38-19-18-37-64(65)77)72-59(51-24-11-8-12-25-51)35-23-36-60(72)52-26-21-27-53(45-52)74(2,3)4;/h8-46,49H,1-7H3;/q-3;/i1D3,23D,35D,36D;. The SMILES string of the molecule is [2H]c1c([2H])c(-c2ccccc2)c(N2[CH-]N(c3[c-]c(Oc4[c-]c5c(c6c4-c4ccccc4[Si]6(c4ccccc4)c4ccccc4)c4cc(C(C)(C)C)ccc4n5-c4cc(C([2H])([2H])[2H])ccn4)ccc3)c3ccccc32)c(-c2cccc(C(C)(C)C)c2)c1[2H].[Pt]. The van der Waals surface area contributed by atoms with Crippen LogP contribution in [0.15, 0.2) is 237 Å². The predicted molar refractivity (Wildman–Crippen MR) is 340 cm³/mol. The number of rotatable bonds is 9. The predicted octanol–water partition coefficient (Wildman–Crippen LogP) is 16.6. The molecule has 0 saturated heterocycles. The van der Waals surface area contributed by atoms with E-state index < -0.39 is 14.9 Å². The summed E-state index contributed by atoms with van der Waals surface area (Å²) in [7, 11) is -3.33. The number of hydrogen-bond acceptors (Lipinski definition) is 4. The molecule has 0 N–H and O–H groups in total. The Morgan fingerprint density at radius 3 is 1.91 bits per heavy atom. The molecule has 14 rings (SSSR count). The third kappa shape index (κ3) is 8.65. The molecule has 0 saturated carbocycles. The first-order valence-corrected chi connectivity index (χ1v) is 29.6. The van der Waals surface area contributed by atoms with E-state index in [1.54, 1.807) is 18.3 Å². The summed E-state index contributed by atoms with van der Waals surface area (Å²) in [5.41, 5.74) is 11.1. The zero-order valence-corrected chi connectivity index (χ0v) is 49.6. The average molecular weight is 1260 g/mol. The molecule has 5 nitrogen and oxygen atoms in total. The largest absolute Gasteiger partial charge is 0.509 e. The fourth-order valence-electron chi connectivity index (χ4n) is 12.4. The van der Waals surface area contributed by atoms with Crippen LogP contribution in [-0.2, 0) is 31.9 Å². The van der Waals surface area contributed by atoms with Crippen LogP contribution in [0.5, 0.6) is 11.5 Å². The molecule has 0 aliphatic carbocycles. The minimum Gasteiger partial charge on any atom is -0.509 e. The summed E-state index contributed by atoms with van der Waals surface area (Å²) >= 11 is 0. The van der Waals surface area contributed by atoms with Crippen LogP contribution in [0.1, 0.15) is 66.5 Å². The van der Waals surface area contributed by atoms with E-state index in [4.69, 9.17) is 13.8 Å². The van der Waals surface area contributed by atoms with E-state index in [1.165, 1.54) is 15.6 Å². The second-order valence-corrected chi connectivity index (χ2v) is 26.9. The molecule has 2 aromatic heterocycles. The third-order valence-electron chi connectivity index (χ3n) is 16.2. The van der Waals surface area contributed by atoms with Crippen LogP contribution in [0.2, 0.25) is 0 Å². The maximum absolute atomic E-state index is 9.72. The van der Waals surface area contributed by atoms with Crippen LogP contribution in [0, 0.1) is 25.7 Å². The van der Waals surface area contributed by atoms with Crippen molar-refractivity contribution in [1.29, 1.82) is 0 Å². The van der Waals surface area contributed by atoms with Crippen LogP contribution in [0.25, 0.3) is 61.0 Å². The number of para-hydroxylation sites is 3. The van der Waals surface area contributed by atoms with E-state index >= 15 is 0 Å². The molecule has 0 atom stereocenters. The molecule has 2 aliphatic heterocycles. The molecule has 12 aromatic rings. The van der Waals surface area contributed by atoms with Crippen molar-refractivity contribution in [3.05, 3.63) is 272 Å². The molecule has 0 bridgehead atoms. The number of aryl methyl sites for hydroxylation is 1. The summed E-state index contributed by atoms with van der Waals surface area (Å²) in [4.78, 5) is 9.09.